The minimum atomic E-state index is 0.437. The van der Waals surface area contributed by atoms with Crippen LogP contribution in [0.15, 0.2) is 41.0 Å². The molecule has 4 heteroatoms. The van der Waals surface area contributed by atoms with Gasteiger partial charge in [-0.1, -0.05) is 12.1 Å². The molecule has 0 fully saturated rings. The molecule has 0 atom stereocenters. The van der Waals surface area contributed by atoms with Gasteiger partial charge in [0.05, 0.1) is 17.0 Å². The minimum Gasteiger partial charge on any atom is -0.339 e. The number of benzene rings is 1. The van der Waals surface area contributed by atoms with Gasteiger partial charge in [-0.05, 0) is 52.2 Å². The van der Waals surface area contributed by atoms with Gasteiger partial charge in [-0.3, -0.25) is 0 Å². The van der Waals surface area contributed by atoms with Crippen molar-refractivity contribution in [3.8, 4) is 6.07 Å². The van der Waals surface area contributed by atoms with Crippen LogP contribution in [0, 0.1) is 18.3 Å². The van der Waals surface area contributed by atoms with Gasteiger partial charge >= 0.3 is 0 Å². The first-order valence-corrected chi connectivity index (χ1v) is 6.33. The third-order valence-electron chi connectivity index (χ3n) is 2.48. The van der Waals surface area contributed by atoms with Gasteiger partial charge in [-0.2, -0.15) is 5.26 Å². The second kappa shape index (κ2) is 5.65. The Morgan fingerprint density at radius 1 is 1.33 bits per heavy atom. The van der Waals surface area contributed by atoms with Crippen molar-refractivity contribution in [2.45, 2.75) is 13.3 Å². The molecule has 2 aromatic rings. The summed E-state index contributed by atoms with van der Waals surface area (Å²) < 4.78 is 0.934. The van der Waals surface area contributed by atoms with Crippen molar-refractivity contribution in [3.63, 3.8) is 0 Å². The fourth-order valence-electron chi connectivity index (χ4n) is 1.56. The van der Waals surface area contributed by atoms with Crippen LogP contribution in [0.1, 0.15) is 11.1 Å². The Hall–Kier alpha value is -1.86. The Balaban J connectivity index is 2.16. The van der Waals surface area contributed by atoms with E-state index in [9.17, 15) is 0 Å². The number of nitrogens with one attached hydrogen (secondary N) is 1. The van der Waals surface area contributed by atoms with Crippen LogP contribution >= 0.6 is 15.9 Å². The first kappa shape index (κ1) is 12.6. The van der Waals surface area contributed by atoms with Crippen LogP contribution in [0.5, 0.6) is 0 Å². The SMILES string of the molecule is Cc1cnc(Nc2ccc(CC#N)cc2)c(Br)c1. The molecular formula is C14H12BrN3. The van der Waals surface area contributed by atoms with E-state index >= 15 is 0 Å². The maximum Gasteiger partial charge on any atom is 0.144 e. The summed E-state index contributed by atoms with van der Waals surface area (Å²) in [6.45, 7) is 2.00. The number of aromatic nitrogens is 1. The molecule has 0 bridgehead atoms. The van der Waals surface area contributed by atoms with Crippen molar-refractivity contribution in [2.24, 2.45) is 0 Å². The number of pyridine rings is 1. The fourth-order valence-corrected chi connectivity index (χ4v) is 2.12. The van der Waals surface area contributed by atoms with Crippen LogP contribution in [0.25, 0.3) is 0 Å². The highest BCUT2D eigenvalue weighted by Crippen LogP contribution is 2.24. The molecule has 1 aromatic heterocycles. The topological polar surface area (TPSA) is 48.7 Å². The highest BCUT2D eigenvalue weighted by atomic mass is 79.9. The van der Waals surface area contributed by atoms with Gasteiger partial charge in [0.2, 0.25) is 0 Å². The summed E-state index contributed by atoms with van der Waals surface area (Å²) in [5.74, 6) is 0.786. The van der Waals surface area contributed by atoms with Gasteiger partial charge in [0.15, 0.2) is 0 Å². The molecule has 0 radical (unpaired) electrons. The van der Waals surface area contributed by atoms with E-state index in [-0.39, 0.29) is 0 Å². The van der Waals surface area contributed by atoms with Crippen LogP contribution in [0.3, 0.4) is 0 Å². The third-order valence-corrected chi connectivity index (χ3v) is 3.08. The molecule has 18 heavy (non-hydrogen) atoms. The Morgan fingerprint density at radius 3 is 2.67 bits per heavy atom. The average molecular weight is 302 g/mol. The lowest BCUT2D eigenvalue weighted by Gasteiger charge is -2.08. The normalized spacial score (nSPS) is 9.83. The molecule has 90 valence electrons. The molecule has 0 aliphatic rings. The molecule has 1 aromatic carbocycles. The Kier molecular flexibility index (Phi) is 3.96. The Labute approximate surface area is 115 Å². The zero-order chi connectivity index (χ0) is 13.0. The summed E-state index contributed by atoms with van der Waals surface area (Å²) in [5, 5.41) is 11.8. The molecule has 0 saturated heterocycles. The van der Waals surface area contributed by atoms with Crippen LogP contribution < -0.4 is 5.32 Å². The van der Waals surface area contributed by atoms with Crippen LogP contribution in [-0.4, -0.2) is 4.98 Å². The monoisotopic (exact) mass is 301 g/mol. The Bertz CT molecular complexity index is 585. The molecule has 0 aliphatic heterocycles. The highest BCUT2D eigenvalue weighted by Gasteiger charge is 2.02. The van der Waals surface area contributed by atoms with Crippen LogP contribution in [0.4, 0.5) is 11.5 Å². The summed E-state index contributed by atoms with van der Waals surface area (Å²) in [5.41, 5.74) is 3.07. The second-order valence-corrected chi connectivity index (χ2v) is 4.85. The number of nitrogens with zero attached hydrogens (tertiary/aromatic N) is 2. The van der Waals surface area contributed by atoms with E-state index in [0.717, 1.165) is 27.1 Å². The summed E-state index contributed by atoms with van der Waals surface area (Å²) in [6, 6.07) is 11.9. The van der Waals surface area contributed by atoms with E-state index in [4.69, 9.17) is 5.26 Å². The number of anilines is 2. The maximum atomic E-state index is 8.60. The van der Waals surface area contributed by atoms with E-state index in [0.29, 0.717) is 6.42 Å². The maximum absolute atomic E-state index is 8.60. The molecule has 2 rings (SSSR count). The van der Waals surface area contributed by atoms with Gasteiger partial charge in [0.25, 0.3) is 0 Å². The molecule has 0 spiro atoms. The standard InChI is InChI=1S/C14H12BrN3/c1-10-8-13(15)14(17-9-10)18-12-4-2-11(3-5-12)6-7-16/h2-5,8-9H,6H2,1H3,(H,17,18). The van der Waals surface area contributed by atoms with Crippen molar-refractivity contribution in [2.75, 3.05) is 5.32 Å². The van der Waals surface area contributed by atoms with Crippen LogP contribution in [-0.2, 0) is 6.42 Å². The van der Waals surface area contributed by atoms with Crippen molar-refractivity contribution >= 4 is 27.4 Å². The van der Waals surface area contributed by atoms with Gasteiger partial charge in [-0.25, -0.2) is 4.98 Å². The molecular weight excluding hydrogens is 290 g/mol. The molecule has 0 unspecified atom stereocenters. The molecule has 0 amide bonds. The first-order chi connectivity index (χ1) is 8.69. The van der Waals surface area contributed by atoms with Gasteiger partial charge in [-0.15, -0.1) is 0 Å². The Morgan fingerprint density at radius 2 is 2.06 bits per heavy atom. The number of hydrogen-bond acceptors (Lipinski definition) is 3. The minimum absolute atomic E-state index is 0.437. The summed E-state index contributed by atoms with van der Waals surface area (Å²) >= 11 is 3.48. The van der Waals surface area contributed by atoms with E-state index < -0.39 is 0 Å². The average Bonchev–Trinajstić information content (AvgIpc) is 2.35. The fraction of sp³-hybridized carbons (Fsp3) is 0.143. The van der Waals surface area contributed by atoms with Crippen molar-refractivity contribution in [1.82, 2.24) is 4.98 Å². The summed E-state index contributed by atoms with van der Waals surface area (Å²) in [7, 11) is 0. The molecule has 1 heterocycles. The predicted octanol–water partition coefficient (Wildman–Crippen LogP) is 3.96. The zero-order valence-electron chi connectivity index (χ0n) is 9.94. The molecule has 3 nitrogen and oxygen atoms in total. The van der Waals surface area contributed by atoms with E-state index in [1.807, 2.05) is 43.5 Å². The lowest BCUT2D eigenvalue weighted by Crippen LogP contribution is -1.95. The third kappa shape index (κ3) is 3.08. The molecule has 0 saturated carbocycles. The summed E-state index contributed by atoms with van der Waals surface area (Å²) in [4.78, 5) is 4.32. The van der Waals surface area contributed by atoms with Crippen LogP contribution in [0.2, 0.25) is 0 Å². The number of hydrogen-bond donors (Lipinski definition) is 1. The van der Waals surface area contributed by atoms with E-state index in [2.05, 4.69) is 32.3 Å². The highest BCUT2D eigenvalue weighted by molar-refractivity contribution is 9.10. The number of nitriles is 1. The molecule has 1 N–H and O–H groups in total. The van der Waals surface area contributed by atoms with Gasteiger partial charge in [0, 0.05) is 11.9 Å². The largest absolute Gasteiger partial charge is 0.339 e. The smallest absolute Gasteiger partial charge is 0.144 e. The van der Waals surface area contributed by atoms with E-state index in [1.165, 1.54) is 0 Å². The van der Waals surface area contributed by atoms with E-state index in [1.54, 1.807) is 0 Å². The number of halogens is 1. The second-order valence-electron chi connectivity index (χ2n) is 4.00. The lowest BCUT2D eigenvalue weighted by atomic mass is 10.1. The first-order valence-electron chi connectivity index (χ1n) is 5.54. The van der Waals surface area contributed by atoms with Gasteiger partial charge in [0.1, 0.15) is 5.82 Å². The quantitative estimate of drug-likeness (QED) is 0.933. The lowest BCUT2D eigenvalue weighted by molar-refractivity contribution is 1.23. The zero-order valence-corrected chi connectivity index (χ0v) is 11.5. The molecule has 0 aliphatic carbocycles. The number of aryl methyl sites for hydroxylation is 1. The summed E-state index contributed by atoms with van der Waals surface area (Å²) in [6.07, 6.45) is 2.25. The van der Waals surface area contributed by atoms with Gasteiger partial charge < -0.3 is 5.32 Å². The van der Waals surface area contributed by atoms with Crippen molar-refractivity contribution in [1.29, 1.82) is 5.26 Å². The van der Waals surface area contributed by atoms with Crippen molar-refractivity contribution < 1.29 is 0 Å². The van der Waals surface area contributed by atoms with Crippen molar-refractivity contribution in [3.05, 3.63) is 52.1 Å². The predicted molar refractivity (Wildman–Crippen MR) is 75.7 cm³/mol. The number of rotatable bonds is 3.